The van der Waals surface area contributed by atoms with Crippen LogP contribution >= 0.6 is 11.6 Å². The van der Waals surface area contributed by atoms with E-state index in [0.717, 1.165) is 17.3 Å². The van der Waals surface area contributed by atoms with Crippen molar-refractivity contribution in [2.45, 2.75) is 33.2 Å². The highest BCUT2D eigenvalue weighted by Crippen LogP contribution is 2.29. The van der Waals surface area contributed by atoms with Gasteiger partial charge in [0.05, 0.1) is 10.7 Å². The second kappa shape index (κ2) is 5.07. The zero-order valence-electron chi connectivity index (χ0n) is 10.7. The Bertz CT molecular complexity index is 349. The number of aryl methyl sites for hydroxylation is 2. The smallest absolute Gasteiger partial charge is 0.0643 e. The molecule has 0 aliphatic carbocycles. The molecule has 3 heteroatoms. The Morgan fingerprint density at radius 1 is 1.25 bits per heavy atom. The Kier molecular flexibility index (Phi) is 4.22. The number of anilines is 1. The summed E-state index contributed by atoms with van der Waals surface area (Å²) in [5, 5.41) is 7.45. The van der Waals surface area contributed by atoms with Gasteiger partial charge >= 0.3 is 0 Å². The molecule has 16 heavy (non-hydrogen) atoms. The molecule has 0 aliphatic rings. The van der Waals surface area contributed by atoms with Crippen molar-refractivity contribution in [3.8, 4) is 0 Å². The molecule has 0 spiro atoms. The number of nitrogens with one attached hydrogen (secondary N) is 2. The second-order valence-electron chi connectivity index (χ2n) is 4.98. The molecule has 0 aliphatic heterocycles. The number of hydrogen-bond acceptors (Lipinski definition) is 2. The number of halogens is 1. The first-order valence-electron chi connectivity index (χ1n) is 5.55. The molecule has 2 N–H and O–H groups in total. The molecule has 1 aromatic carbocycles. The van der Waals surface area contributed by atoms with Crippen LogP contribution in [0.25, 0.3) is 0 Å². The van der Waals surface area contributed by atoms with Crippen molar-refractivity contribution >= 4 is 17.3 Å². The maximum Gasteiger partial charge on any atom is 0.0643 e. The topological polar surface area (TPSA) is 24.1 Å². The summed E-state index contributed by atoms with van der Waals surface area (Å²) in [5.74, 6) is 0. The number of rotatable bonds is 4. The van der Waals surface area contributed by atoms with E-state index in [9.17, 15) is 0 Å². The summed E-state index contributed by atoms with van der Waals surface area (Å²) >= 11 is 6.26. The molecule has 0 aromatic heterocycles. The van der Waals surface area contributed by atoms with E-state index in [0.29, 0.717) is 0 Å². The van der Waals surface area contributed by atoms with E-state index in [-0.39, 0.29) is 5.54 Å². The largest absolute Gasteiger partial charge is 0.377 e. The minimum absolute atomic E-state index is 0.0155. The van der Waals surface area contributed by atoms with Crippen LogP contribution < -0.4 is 10.6 Å². The fourth-order valence-corrected chi connectivity index (χ4v) is 2.27. The van der Waals surface area contributed by atoms with Crippen molar-refractivity contribution in [2.75, 3.05) is 18.9 Å². The first-order valence-corrected chi connectivity index (χ1v) is 5.93. The summed E-state index contributed by atoms with van der Waals surface area (Å²) in [4.78, 5) is 0. The highest BCUT2D eigenvalue weighted by molar-refractivity contribution is 6.33. The summed E-state index contributed by atoms with van der Waals surface area (Å²) < 4.78 is 0. The molecular weight excluding hydrogens is 220 g/mol. The van der Waals surface area contributed by atoms with Crippen molar-refractivity contribution < 1.29 is 0 Å². The van der Waals surface area contributed by atoms with Crippen LogP contribution in [0.4, 0.5) is 5.69 Å². The van der Waals surface area contributed by atoms with Gasteiger partial charge in [-0.2, -0.15) is 0 Å². The predicted octanol–water partition coefficient (Wildman–Crippen LogP) is 3.37. The van der Waals surface area contributed by atoms with Crippen molar-refractivity contribution in [3.63, 3.8) is 0 Å². The quantitative estimate of drug-likeness (QED) is 0.843. The Balaban J connectivity index is 2.97. The van der Waals surface area contributed by atoms with Gasteiger partial charge in [-0.1, -0.05) is 17.7 Å². The lowest BCUT2D eigenvalue weighted by molar-refractivity contribution is 0.530. The van der Waals surface area contributed by atoms with E-state index in [2.05, 4.69) is 44.4 Å². The normalized spacial score (nSPS) is 11.6. The monoisotopic (exact) mass is 240 g/mol. The molecule has 1 aromatic rings. The van der Waals surface area contributed by atoms with Gasteiger partial charge < -0.3 is 10.6 Å². The molecule has 2 nitrogen and oxygen atoms in total. The van der Waals surface area contributed by atoms with E-state index in [4.69, 9.17) is 11.6 Å². The highest BCUT2D eigenvalue weighted by Gasteiger charge is 2.18. The minimum Gasteiger partial charge on any atom is -0.377 e. The van der Waals surface area contributed by atoms with Gasteiger partial charge in [0, 0.05) is 12.1 Å². The lowest BCUT2D eigenvalue weighted by Gasteiger charge is -2.29. The molecule has 0 saturated heterocycles. The summed E-state index contributed by atoms with van der Waals surface area (Å²) in [5.41, 5.74) is 3.40. The third-order valence-electron chi connectivity index (χ3n) is 2.51. The van der Waals surface area contributed by atoms with Gasteiger partial charge in [0.15, 0.2) is 0 Å². The van der Waals surface area contributed by atoms with Crippen molar-refractivity contribution in [2.24, 2.45) is 0 Å². The average molecular weight is 241 g/mol. The van der Waals surface area contributed by atoms with Crippen LogP contribution in [0.15, 0.2) is 12.1 Å². The van der Waals surface area contributed by atoms with Crippen molar-refractivity contribution in [1.82, 2.24) is 5.32 Å². The summed E-state index contributed by atoms with van der Waals surface area (Å²) in [6.45, 7) is 9.33. The van der Waals surface area contributed by atoms with E-state index in [1.165, 1.54) is 11.1 Å². The Hall–Kier alpha value is -0.730. The van der Waals surface area contributed by atoms with Gasteiger partial charge in [-0.25, -0.2) is 0 Å². The molecule has 0 radical (unpaired) electrons. The molecule has 0 heterocycles. The number of hydrogen-bond donors (Lipinski definition) is 2. The Labute approximate surface area is 103 Å². The van der Waals surface area contributed by atoms with Gasteiger partial charge in [-0.15, -0.1) is 0 Å². The highest BCUT2D eigenvalue weighted by atomic mass is 35.5. The minimum atomic E-state index is -0.0155. The summed E-state index contributed by atoms with van der Waals surface area (Å²) in [6.07, 6.45) is 0. The van der Waals surface area contributed by atoms with Crippen LogP contribution in [0.2, 0.25) is 5.02 Å². The van der Waals surface area contributed by atoms with Crippen LogP contribution in [0, 0.1) is 13.8 Å². The summed E-state index contributed by atoms with van der Waals surface area (Å²) in [7, 11) is 1.95. The first kappa shape index (κ1) is 13.3. The molecule has 90 valence electrons. The molecule has 1 rings (SSSR count). The average Bonchev–Trinajstić information content (AvgIpc) is 2.11. The molecule has 0 fully saturated rings. The molecule has 0 unspecified atom stereocenters. The van der Waals surface area contributed by atoms with Crippen LogP contribution in [0.1, 0.15) is 25.0 Å². The third kappa shape index (κ3) is 3.39. The van der Waals surface area contributed by atoms with Crippen molar-refractivity contribution in [1.29, 1.82) is 0 Å². The van der Waals surface area contributed by atoms with Crippen LogP contribution in [0.3, 0.4) is 0 Å². The maximum atomic E-state index is 6.26. The molecule has 0 amide bonds. The van der Waals surface area contributed by atoms with Crippen molar-refractivity contribution in [3.05, 3.63) is 28.3 Å². The van der Waals surface area contributed by atoms with Crippen LogP contribution in [0.5, 0.6) is 0 Å². The fourth-order valence-electron chi connectivity index (χ4n) is 1.90. The fraction of sp³-hybridized carbons (Fsp3) is 0.538. The van der Waals surface area contributed by atoms with Gasteiger partial charge in [0.25, 0.3) is 0 Å². The zero-order chi connectivity index (χ0) is 12.3. The maximum absolute atomic E-state index is 6.26. The Morgan fingerprint density at radius 3 is 2.38 bits per heavy atom. The predicted molar refractivity (Wildman–Crippen MR) is 72.6 cm³/mol. The third-order valence-corrected chi connectivity index (χ3v) is 2.81. The van der Waals surface area contributed by atoms with E-state index < -0.39 is 0 Å². The van der Waals surface area contributed by atoms with Gasteiger partial charge in [-0.05, 0) is 51.9 Å². The lowest BCUT2D eigenvalue weighted by atomic mass is 10.0. The number of likely N-dealkylation sites (N-methyl/N-ethyl adjacent to an activating group) is 1. The standard InChI is InChI=1S/C13H21ClN2/c1-9-6-10(2)12(11(14)7-9)16-13(3,4)8-15-5/h6-7,15-16H,8H2,1-5H3. The van der Waals surface area contributed by atoms with E-state index in [1.54, 1.807) is 0 Å². The van der Waals surface area contributed by atoms with Gasteiger partial charge in [0.2, 0.25) is 0 Å². The number of benzene rings is 1. The Morgan fingerprint density at radius 2 is 1.88 bits per heavy atom. The molecule has 0 bridgehead atoms. The van der Waals surface area contributed by atoms with Gasteiger partial charge in [0.1, 0.15) is 0 Å². The molecule has 0 atom stereocenters. The molecular formula is C13H21ClN2. The van der Waals surface area contributed by atoms with Gasteiger partial charge in [-0.3, -0.25) is 0 Å². The summed E-state index contributed by atoms with van der Waals surface area (Å²) in [6, 6.07) is 4.13. The second-order valence-corrected chi connectivity index (χ2v) is 5.39. The van der Waals surface area contributed by atoms with Crippen LogP contribution in [-0.4, -0.2) is 19.1 Å². The SMILES string of the molecule is CNCC(C)(C)Nc1c(C)cc(C)cc1Cl. The van der Waals surface area contributed by atoms with E-state index in [1.807, 2.05) is 13.1 Å². The molecule has 0 saturated carbocycles. The zero-order valence-corrected chi connectivity index (χ0v) is 11.5. The van der Waals surface area contributed by atoms with Crippen LogP contribution in [-0.2, 0) is 0 Å². The van der Waals surface area contributed by atoms with E-state index >= 15 is 0 Å². The lowest BCUT2D eigenvalue weighted by Crippen LogP contribution is -2.41. The first-order chi connectivity index (χ1) is 7.35.